The van der Waals surface area contributed by atoms with Crippen LogP contribution in [0.1, 0.15) is 47.0 Å². The molecule has 4 nitrogen and oxygen atoms in total. The Morgan fingerprint density at radius 1 is 1.00 bits per heavy atom. The first kappa shape index (κ1) is 16.8. The molecule has 4 N–H and O–H groups in total. The lowest BCUT2D eigenvalue weighted by atomic mass is 9.76. The molecule has 17 heavy (non-hydrogen) atoms. The minimum atomic E-state index is -0.425. The third kappa shape index (κ3) is 4.54. The van der Waals surface area contributed by atoms with E-state index in [4.69, 9.17) is 15.9 Å². The van der Waals surface area contributed by atoms with Crippen molar-refractivity contribution < 1.29 is 10.2 Å². The number of rotatable bonds is 9. The zero-order valence-electron chi connectivity index (χ0n) is 11.9. The zero-order chi connectivity index (χ0) is 13.5. The van der Waals surface area contributed by atoms with E-state index in [1.54, 1.807) is 0 Å². The third-order valence-electron chi connectivity index (χ3n) is 4.08. The van der Waals surface area contributed by atoms with Crippen LogP contribution in [0, 0.1) is 5.41 Å². The summed E-state index contributed by atoms with van der Waals surface area (Å²) < 4.78 is 0. The summed E-state index contributed by atoms with van der Waals surface area (Å²) in [7, 11) is 0. The Balaban J connectivity index is 4.73. The van der Waals surface area contributed by atoms with Crippen molar-refractivity contribution in [3.8, 4) is 0 Å². The van der Waals surface area contributed by atoms with Gasteiger partial charge >= 0.3 is 0 Å². The lowest BCUT2D eigenvalue weighted by Crippen LogP contribution is -2.63. The molecule has 0 aromatic rings. The molecule has 0 heterocycles. The van der Waals surface area contributed by atoms with Crippen LogP contribution in [0.4, 0.5) is 0 Å². The highest BCUT2D eigenvalue weighted by atomic mass is 16.3. The van der Waals surface area contributed by atoms with E-state index in [0.717, 1.165) is 32.4 Å². The maximum Gasteiger partial charge on any atom is 0.0710 e. The highest BCUT2D eigenvalue weighted by Crippen LogP contribution is 2.34. The molecule has 0 aliphatic rings. The first-order valence-corrected chi connectivity index (χ1v) is 6.59. The molecule has 0 aliphatic carbocycles. The molecule has 0 bridgehead atoms. The number of nitrogens with zero attached hydrogens (tertiary/aromatic N) is 1. The van der Waals surface area contributed by atoms with Crippen molar-refractivity contribution in [2.24, 2.45) is 11.1 Å². The summed E-state index contributed by atoms with van der Waals surface area (Å²) in [5.74, 6) is 0. The first-order chi connectivity index (χ1) is 7.83. The molecule has 0 amide bonds. The predicted octanol–water partition coefficient (Wildman–Crippen LogP) is 1.16. The van der Waals surface area contributed by atoms with E-state index in [1.807, 2.05) is 6.92 Å². The molecule has 0 saturated carbocycles. The molecule has 0 radical (unpaired) electrons. The van der Waals surface area contributed by atoms with Crippen LogP contribution >= 0.6 is 0 Å². The van der Waals surface area contributed by atoms with Crippen LogP contribution in [0.2, 0.25) is 0 Å². The summed E-state index contributed by atoms with van der Waals surface area (Å²) in [5.41, 5.74) is 6.07. The van der Waals surface area contributed by atoms with Gasteiger partial charge in [-0.15, -0.1) is 0 Å². The fraction of sp³-hybridized carbons (Fsp3) is 1.00. The average molecular weight is 246 g/mol. The normalized spacial score (nSPS) is 16.2. The summed E-state index contributed by atoms with van der Waals surface area (Å²) in [6.45, 7) is 10.4. The van der Waals surface area contributed by atoms with Crippen molar-refractivity contribution in [1.29, 1.82) is 0 Å². The lowest BCUT2D eigenvalue weighted by Gasteiger charge is -2.49. The Labute approximate surface area is 106 Å². The summed E-state index contributed by atoms with van der Waals surface area (Å²) in [6.07, 6.45) is 2.44. The molecule has 0 spiro atoms. The van der Waals surface area contributed by atoms with E-state index < -0.39 is 5.66 Å². The van der Waals surface area contributed by atoms with E-state index in [9.17, 15) is 0 Å². The standard InChI is InChI=1S/C13H30N2O2/c1-5-12(2,3)13(4,14)15(8-6-10-16)9-7-11-17/h16-17H,5-11,14H2,1-4H3. The summed E-state index contributed by atoms with van der Waals surface area (Å²) in [5, 5.41) is 17.9. The van der Waals surface area contributed by atoms with Gasteiger partial charge < -0.3 is 15.9 Å². The van der Waals surface area contributed by atoms with Crippen molar-refractivity contribution in [2.75, 3.05) is 26.3 Å². The number of aliphatic hydroxyl groups excluding tert-OH is 2. The van der Waals surface area contributed by atoms with Crippen LogP contribution < -0.4 is 5.73 Å². The minimum Gasteiger partial charge on any atom is -0.396 e. The van der Waals surface area contributed by atoms with Crippen molar-refractivity contribution in [1.82, 2.24) is 4.90 Å². The zero-order valence-corrected chi connectivity index (χ0v) is 11.9. The van der Waals surface area contributed by atoms with E-state index in [1.165, 1.54) is 0 Å². The van der Waals surface area contributed by atoms with Crippen LogP contribution in [0.25, 0.3) is 0 Å². The van der Waals surface area contributed by atoms with Gasteiger partial charge in [0, 0.05) is 26.3 Å². The molecular formula is C13H30N2O2. The van der Waals surface area contributed by atoms with Gasteiger partial charge in [0.25, 0.3) is 0 Å². The molecule has 104 valence electrons. The van der Waals surface area contributed by atoms with Crippen molar-refractivity contribution >= 4 is 0 Å². The molecule has 1 atom stereocenters. The summed E-state index contributed by atoms with van der Waals surface area (Å²) in [6, 6.07) is 0. The van der Waals surface area contributed by atoms with Gasteiger partial charge in [0.2, 0.25) is 0 Å². The Morgan fingerprint density at radius 3 is 1.71 bits per heavy atom. The number of hydrogen-bond acceptors (Lipinski definition) is 4. The van der Waals surface area contributed by atoms with Gasteiger partial charge in [-0.05, 0) is 31.6 Å². The Morgan fingerprint density at radius 2 is 1.41 bits per heavy atom. The van der Waals surface area contributed by atoms with Crippen molar-refractivity contribution in [2.45, 2.75) is 52.6 Å². The molecule has 0 saturated heterocycles. The Bertz CT molecular complexity index is 198. The van der Waals surface area contributed by atoms with Gasteiger partial charge in [0.15, 0.2) is 0 Å². The molecule has 1 unspecified atom stereocenters. The number of aliphatic hydroxyl groups is 2. The minimum absolute atomic E-state index is 0.00207. The van der Waals surface area contributed by atoms with Gasteiger partial charge in [-0.1, -0.05) is 20.8 Å². The fourth-order valence-corrected chi connectivity index (χ4v) is 1.89. The Hall–Kier alpha value is -0.160. The molecule has 0 aromatic heterocycles. The number of hydrogen-bond donors (Lipinski definition) is 3. The van der Waals surface area contributed by atoms with Crippen molar-refractivity contribution in [3.05, 3.63) is 0 Å². The Kier molecular flexibility index (Phi) is 7.24. The molecule has 4 heteroatoms. The summed E-state index contributed by atoms with van der Waals surface area (Å²) in [4.78, 5) is 2.18. The van der Waals surface area contributed by atoms with Gasteiger partial charge in [-0.3, -0.25) is 4.90 Å². The summed E-state index contributed by atoms with van der Waals surface area (Å²) >= 11 is 0. The predicted molar refractivity (Wildman–Crippen MR) is 71.6 cm³/mol. The molecule has 0 fully saturated rings. The third-order valence-corrected chi connectivity index (χ3v) is 4.08. The number of nitrogens with two attached hydrogens (primary N) is 1. The van der Waals surface area contributed by atoms with E-state index >= 15 is 0 Å². The molecule has 0 rings (SSSR count). The second kappa shape index (κ2) is 7.31. The molecular weight excluding hydrogens is 216 g/mol. The molecule has 0 aromatic carbocycles. The average Bonchev–Trinajstić information content (AvgIpc) is 2.28. The van der Waals surface area contributed by atoms with Crippen LogP contribution in [0.15, 0.2) is 0 Å². The lowest BCUT2D eigenvalue weighted by molar-refractivity contribution is -0.00840. The largest absolute Gasteiger partial charge is 0.396 e. The van der Waals surface area contributed by atoms with Crippen molar-refractivity contribution in [3.63, 3.8) is 0 Å². The van der Waals surface area contributed by atoms with Crippen LogP contribution in [-0.2, 0) is 0 Å². The maximum atomic E-state index is 8.95. The topological polar surface area (TPSA) is 69.7 Å². The SMILES string of the molecule is CCC(C)(C)C(C)(N)N(CCCO)CCCO. The van der Waals surface area contributed by atoms with Crippen LogP contribution in [0.3, 0.4) is 0 Å². The van der Waals surface area contributed by atoms with E-state index in [0.29, 0.717) is 0 Å². The van der Waals surface area contributed by atoms with Crippen LogP contribution in [-0.4, -0.2) is 47.1 Å². The molecule has 0 aliphatic heterocycles. The second-order valence-corrected chi connectivity index (χ2v) is 5.53. The first-order valence-electron chi connectivity index (χ1n) is 6.59. The van der Waals surface area contributed by atoms with Gasteiger partial charge in [0.05, 0.1) is 5.66 Å². The quantitative estimate of drug-likeness (QED) is 0.534. The monoisotopic (exact) mass is 246 g/mol. The van der Waals surface area contributed by atoms with E-state index in [2.05, 4.69) is 25.7 Å². The second-order valence-electron chi connectivity index (χ2n) is 5.53. The maximum absolute atomic E-state index is 8.95. The van der Waals surface area contributed by atoms with Gasteiger partial charge in [-0.2, -0.15) is 0 Å². The van der Waals surface area contributed by atoms with Gasteiger partial charge in [0.1, 0.15) is 0 Å². The van der Waals surface area contributed by atoms with Gasteiger partial charge in [-0.25, -0.2) is 0 Å². The van der Waals surface area contributed by atoms with E-state index in [-0.39, 0.29) is 18.6 Å². The highest BCUT2D eigenvalue weighted by molar-refractivity contribution is 4.93. The smallest absolute Gasteiger partial charge is 0.0710 e. The van der Waals surface area contributed by atoms with Crippen LogP contribution in [0.5, 0.6) is 0 Å². The highest BCUT2D eigenvalue weighted by Gasteiger charge is 2.40. The fourth-order valence-electron chi connectivity index (χ4n) is 1.89.